The molecule has 1 aliphatic rings. The number of alkyl halides is 3. The molecule has 1 heterocycles. The predicted molar refractivity (Wildman–Crippen MR) is 207 cm³/mol. The Bertz CT molecular complexity index is 1380. The summed E-state index contributed by atoms with van der Waals surface area (Å²) >= 11 is 0. The quantitative estimate of drug-likeness (QED) is 0.151. The lowest BCUT2D eigenvalue weighted by molar-refractivity contribution is -0.192. The van der Waals surface area contributed by atoms with Crippen LogP contribution in [0, 0.1) is 23.7 Å². The number of likely N-dealkylation sites (N-methyl/N-ethyl adjacent to an activating group) is 2. The Kier molecular flexibility index (Phi) is 21.6. The third kappa shape index (κ3) is 15.0. The smallest absolute Gasteiger partial charge is 0.475 e. The van der Waals surface area contributed by atoms with Crippen LogP contribution in [0.5, 0.6) is 0 Å². The highest BCUT2D eigenvalue weighted by atomic mass is 19.4. The monoisotopic (exact) mass is 801 g/mol. The SMILES string of the molecule is CC[C@H](C)[C@@H]([C@@H](CC(=O)N1CCC[C@H]1[C@H](OC)[C@@H](C)C(=O)NCCc1ccccc1)OC)N(C)C(=O)[C@@H](NC(=O)[C@@H](NC)C(C)C)C(C)C.O=C(O)C(F)(F)F. The zero-order valence-electron chi connectivity index (χ0n) is 34.9. The molecule has 0 aromatic heterocycles. The normalized spacial score (nSPS) is 18.1. The van der Waals surface area contributed by atoms with Crippen LogP contribution in [-0.2, 0) is 39.9 Å². The van der Waals surface area contributed by atoms with E-state index in [4.69, 9.17) is 19.4 Å². The lowest BCUT2D eigenvalue weighted by Crippen LogP contribution is -2.59. The van der Waals surface area contributed by atoms with Crippen molar-refractivity contribution < 1.29 is 51.7 Å². The molecule has 8 atom stereocenters. The van der Waals surface area contributed by atoms with Gasteiger partial charge >= 0.3 is 12.1 Å². The maximum absolute atomic E-state index is 14.1. The van der Waals surface area contributed by atoms with Gasteiger partial charge in [0.1, 0.15) is 6.04 Å². The fraction of sp³-hybridized carbons (Fsp3) is 0.725. The number of nitrogens with one attached hydrogen (secondary N) is 3. The number of carbonyl (C=O) groups is 5. The number of likely N-dealkylation sites (tertiary alicyclic amines) is 1. The van der Waals surface area contributed by atoms with Gasteiger partial charge in [0.05, 0.1) is 42.7 Å². The number of carbonyl (C=O) groups excluding carboxylic acids is 4. The second-order valence-corrected chi connectivity index (χ2v) is 15.2. The molecular weight excluding hydrogens is 735 g/mol. The summed E-state index contributed by atoms with van der Waals surface area (Å²) in [5, 5.41) is 16.2. The Balaban J connectivity index is 0.00000203. The minimum Gasteiger partial charge on any atom is -0.475 e. The number of nitrogens with zero attached hydrogens (tertiary/aromatic N) is 2. The van der Waals surface area contributed by atoms with E-state index in [-0.39, 0.29) is 53.8 Å². The Hall–Kier alpha value is -3.76. The van der Waals surface area contributed by atoms with E-state index in [9.17, 15) is 32.3 Å². The lowest BCUT2D eigenvalue weighted by Gasteiger charge is -2.41. The largest absolute Gasteiger partial charge is 0.490 e. The van der Waals surface area contributed by atoms with Crippen molar-refractivity contribution in [1.82, 2.24) is 25.8 Å². The van der Waals surface area contributed by atoms with Gasteiger partial charge in [0, 0.05) is 34.4 Å². The summed E-state index contributed by atoms with van der Waals surface area (Å²) in [6, 6.07) is 8.17. The molecular formula is C40H66F3N5O8. The van der Waals surface area contributed by atoms with Crippen molar-refractivity contribution in [1.29, 1.82) is 0 Å². The van der Waals surface area contributed by atoms with Crippen LogP contribution in [0.25, 0.3) is 0 Å². The highest BCUT2D eigenvalue weighted by Crippen LogP contribution is 2.29. The van der Waals surface area contributed by atoms with Crippen molar-refractivity contribution in [3.05, 3.63) is 35.9 Å². The van der Waals surface area contributed by atoms with E-state index >= 15 is 0 Å². The second kappa shape index (κ2) is 24.1. The predicted octanol–water partition coefficient (Wildman–Crippen LogP) is 4.28. The molecule has 56 heavy (non-hydrogen) atoms. The Morgan fingerprint density at radius 1 is 0.946 bits per heavy atom. The summed E-state index contributed by atoms with van der Waals surface area (Å²) in [4.78, 5) is 66.9. The highest BCUT2D eigenvalue weighted by molar-refractivity contribution is 5.90. The van der Waals surface area contributed by atoms with Gasteiger partial charge in [-0.15, -0.1) is 0 Å². The number of methoxy groups -OCH3 is 2. The van der Waals surface area contributed by atoms with Gasteiger partial charge in [0.2, 0.25) is 23.6 Å². The van der Waals surface area contributed by atoms with Gasteiger partial charge in [-0.25, -0.2) is 4.79 Å². The molecule has 13 nitrogen and oxygen atoms in total. The number of hydrogen-bond acceptors (Lipinski definition) is 8. The van der Waals surface area contributed by atoms with Crippen molar-refractivity contribution in [2.24, 2.45) is 23.7 Å². The molecule has 0 bridgehead atoms. The number of amides is 4. The van der Waals surface area contributed by atoms with E-state index in [1.165, 1.54) is 0 Å². The van der Waals surface area contributed by atoms with Crippen LogP contribution in [0.2, 0.25) is 0 Å². The molecule has 0 aliphatic carbocycles. The van der Waals surface area contributed by atoms with E-state index in [1.54, 1.807) is 33.2 Å². The van der Waals surface area contributed by atoms with E-state index < -0.39 is 48.4 Å². The van der Waals surface area contributed by atoms with Crippen molar-refractivity contribution in [3.63, 3.8) is 0 Å². The van der Waals surface area contributed by atoms with Crippen LogP contribution in [0.4, 0.5) is 13.2 Å². The number of ether oxygens (including phenoxy) is 2. The molecule has 0 saturated carbocycles. The third-order valence-electron chi connectivity index (χ3n) is 10.5. The highest BCUT2D eigenvalue weighted by Gasteiger charge is 2.43. The topological polar surface area (TPSA) is 167 Å². The Morgan fingerprint density at radius 3 is 1.98 bits per heavy atom. The van der Waals surface area contributed by atoms with Gasteiger partial charge in [-0.05, 0) is 49.6 Å². The molecule has 16 heteroatoms. The lowest BCUT2D eigenvalue weighted by atomic mass is 9.89. The standard InChI is InChI=1S/C38H65N5O6.C2HF3O2/c1-12-26(6)34(42(9)38(47)33(25(4)5)41-37(46)32(39-8)24(2)3)30(48-10)23-31(44)43-22-16-19-29(43)35(49-11)27(7)36(45)40-21-20-28-17-14-13-15-18-28;3-2(4,5)1(6)7/h13-15,17-18,24-27,29-30,32-35,39H,12,16,19-23H2,1-11H3,(H,40,45)(H,41,46);(H,6,7)/t26-,27+,29-,30+,32-,33-,34-,35+;/m0./s1. The van der Waals surface area contributed by atoms with Crippen molar-refractivity contribution in [2.45, 2.75) is 123 Å². The van der Waals surface area contributed by atoms with Crippen LogP contribution in [0.15, 0.2) is 30.3 Å². The zero-order chi connectivity index (χ0) is 42.9. The van der Waals surface area contributed by atoms with Gasteiger partial charge in [-0.1, -0.05) is 85.2 Å². The van der Waals surface area contributed by atoms with Gasteiger partial charge < -0.3 is 40.3 Å². The number of hydrogen-bond donors (Lipinski definition) is 4. The molecule has 0 radical (unpaired) electrons. The minimum absolute atomic E-state index is 0.0108. The number of carboxylic acid groups (broad SMARTS) is 1. The molecule has 4 amide bonds. The molecule has 1 aliphatic heterocycles. The number of benzene rings is 1. The average Bonchev–Trinajstić information content (AvgIpc) is 3.63. The zero-order valence-corrected chi connectivity index (χ0v) is 34.9. The molecule has 0 unspecified atom stereocenters. The van der Waals surface area contributed by atoms with Crippen LogP contribution in [-0.4, -0.2) is 128 Å². The van der Waals surface area contributed by atoms with Gasteiger partial charge in [-0.2, -0.15) is 13.2 Å². The summed E-state index contributed by atoms with van der Waals surface area (Å²) < 4.78 is 43.6. The van der Waals surface area contributed by atoms with Gasteiger partial charge in [-0.3, -0.25) is 19.2 Å². The summed E-state index contributed by atoms with van der Waals surface area (Å²) in [6.45, 7) is 14.8. The summed E-state index contributed by atoms with van der Waals surface area (Å²) in [7, 11) is 6.66. The third-order valence-corrected chi connectivity index (χ3v) is 10.5. The van der Waals surface area contributed by atoms with Gasteiger partial charge in [0.15, 0.2) is 0 Å². The fourth-order valence-corrected chi connectivity index (χ4v) is 7.19. The van der Waals surface area contributed by atoms with E-state index in [1.807, 2.05) is 69.9 Å². The van der Waals surface area contributed by atoms with Crippen LogP contribution < -0.4 is 16.0 Å². The number of halogens is 3. The molecule has 2 rings (SSSR count). The summed E-state index contributed by atoms with van der Waals surface area (Å²) in [6.07, 6.45) is -3.03. The number of rotatable bonds is 20. The molecule has 320 valence electrons. The Morgan fingerprint density at radius 2 is 1.52 bits per heavy atom. The summed E-state index contributed by atoms with van der Waals surface area (Å²) in [5.41, 5.74) is 1.15. The summed E-state index contributed by atoms with van der Waals surface area (Å²) in [5.74, 6) is -3.95. The van der Waals surface area contributed by atoms with Crippen LogP contribution in [0.3, 0.4) is 0 Å². The maximum Gasteiger partial charge on any atom is 0.490 e. The average molecular weight is 802 g/mol. The fourth-order valence-electron chi connectivity index (χ4n) is 7.19. The molecule has 1 fully saturated rings. The van der Waals surface area contributed by atoms with E-state index in [2.05, 4.69) is 29.8 Å². The first-order chi connectivity index (χ1) is 26.2. The number of carboxylic acids is 1. The molecule has 1 aromatic rings. The van der Waals surface area contributed by atoms with Crippen molar-refractivity contribution >= 4 is 29.6 Å². The Labute approximate surface area is 330 Å². The molecule has 4 N–H and O–H groups in total. The van der Waals surface area contributed by atoms with Crippen LogP contribution >= 0.6 is 0 Å². The van der Waals surface area contributed by atoms with Crippen molar-refractivity contribution in [3.8, 4) is 0 Å². The molecule has 1 aromatic carbocycles. The second-order valence-electron chi connectivity index (χ2n) is 15.2. The first kappa shape index (κ1) is 50.3. The van der Waals surface area contributed by atoms with E-state index in [0.29, 0.717) is 13.1 Å². The van der Waals surface area contributed by atoms with E-state index in [0.717, 1.165) is 31.2 Å². The first-order valence-corrected chi connectivity index (χ1v) is 19.4. The minimum atomic E-state index is -5.08. The number of aliphatic carboxylic acids is 1. The molecule has 0 spiro atoms. The first-order valence-electron chi connectivity index (χ1n) is 19.4. The van der Waals surface area contributed by atoms with Crippen molar-refractivity contribution in [2.75, 3.05) is 41.4 Å². The molecule has 1 saturated heterocycles. The maximum atomic E-state index is 14.1. The van der Waals surface area contributed by atoms with Gasteiger partial charge in [0.25, 0.3) is 0 Å². The van der Waals surface area contributed by atoms with Crippen LogP contribution in [0.1, 0.15) is 79.7 Å².